The topological polar surface area (TPSA) is 40.5 Å². The maximum Gasteiger partial charge on any atom is 0.259 e. The third kappa shape index (κ3) is 2.34. The molecular formula is C19H19NO2. The predicted octanol–water partition coefficient (Wildman–Crippen LogP) is 3.42. The Bertz CT molecular complexity index is 718. The van der Waals surface area contributed by atoms with Gasteiger partial charge in [0.25, 0.3) is 5.91 Å². The molecule has 0 saturated heterocycles. The maximum atomic E-state index is 12.9. The van der Waals surface area contributed by atoms with Crippen molar-refractivity contribution in [1.29, 1.82) is 0 Å². The molecule has 3 nitrogen and oxygen atoms in total. The Labute approximate surface area is 130 Å². The molecule has 1 atom stereocenters. The number of aliphatic hydroxyl groups is 1. The second-order valence-corrected chi connectivity index (χ2v) is 5.61. The second kappa shape index (κ2) is 5.78. The molecular weight excluding hydrogens is 274 g/mol. The van der Waals surface area contributed by atoms with E-state index in [4.69, 9.17) is 0 Å². The molecule has 1 N–H and O–H groups in total. The molecule has 0 spiro atoms. The van der Waals surface area contributed by atoms with E-state index in [0.717, 1.165) is 22.4 Å². The first kappa shape index (κ1) is 14.5. The molecule has 0 radical (unpaired) electrons. The quantitative estimate of drug-likeness (QED) is 0.942. The van der Waals surface area contributed by atoms with Crippen LogP contribution in [-0.4, -0.2) is 23.7 Å². The second-order valence-electron chi connectivity index (χ2n) is 5.61. The molecule has 1 heterocycles. The SMILES string of the molecule is C=C1c2ccccc2C(=O)N(c2ccc(C)cc2)C1CCO. The standard InChI is InChI=1S/C19H19NO2/c1-13-7-9-15(10-8-13)20-18(11-12-21)14(2)16-5-3-4-6-17(16)19(20)22/h3-10,18,21H,2,11-12H2,1H3. The number of rotatable bonds is 3. The number of hydrogen-bond acceptors (Lipinski definition) is 2. The largest absolute Gasteiger partial charge is 0.396 e. The van der Waals surface area contributed by atoms with Crippen molar-refractivity contribution in [2.45, 2.75) is 19.4 Å². The van der Waals surface area contributed by atoms with Gasteiger partial charge in [-0.05, 0) is 42.7 Å². The molecule has 3 rings (SSSR count). The van der Waals surface area contributed by atoms with Crippen LogP contribution in [0.4, 0.5) is 5.69 Å². The minimum atomic E-state index is -0.213. The van der Waals surface area contributed by atoms with Gasteiger partial charge < -0.3 is 10.0 Å². The first-order chi connectivity index (χ1) is 10.6. The van der Waals surface area contributed by atoms with Gasteiger partial charge in [-0.25, -0.2) is 0 Å². The van der Waals surface area contributed by atoms with Gasteiger partial charge in [-0.1, -0.05) is 42.5 Å². The van der Waals surface area contributed by atoms with Gasteiger partial charge in [0.15, 0.2) is 0 Å². The van der Waals surface area contributed by atoms with E-state index in [-0.39, 0.29) is 18.6 Å². The number of carbonyl (C=O) groups excluding carboxylic acids is 1. The van der Waals surface area contributed by atoms with Crippen LogP contribution in [0.3, 0.4) is 0 Å². The number of fused-ring (bicyclic) bond motifs is 1. The zero-order valence-corrected chi connectivity index (χ0v) is 12.6. The average Bonchev–Trinajstić information content (AvgIpc) is 2.54. The van der Waals surface area contributed by atoms with E-state index < -0.39 is 0 Å². The lowest BCUT2D eigenvalue weighted by Crippen LogP contribution is -2.45. The zero-order valence-electron chi connectivity index (χ0n) is 12.6. The molecule has 22 heavy (non-hydrogen) atoms. The third-order valence-corrected chi connectivity index (χ3v) is 4.15. The predicted molar refractivity (Wildman–Crippen MR) is 89.0 cm³/mol. The van der Waals surface area contributed by atoms with Gasteiger partial charge in [-0.2, -0.15) is 0 Å². The average molecular weight is 293 g/mol. The lowest BCUT2D eigenvalue weighted by Gasteiger charge is -2.38. The molecule has 0 bridgehead atoms. The Morgan fingerprint density at radius 3 is 2.36 bits per heavy atom. The Morgan fingerprint density at radius 1 is 1.09 bits per heavy atom. The number of anilines is 1. The van der Waals surface area contributed by atoms with Crippen molar-refractivity contribution < 1.29 is 9.90 Å². The highest BCUT2D eigenvalue weighted by molar-refractivity contribution is 6.13. The summed E-state index contributed by atoms with van der Waals surface area (Å²) >= 11 is 0. The van der Waals surface area contributed by atoms with Crippen LogP contribution in [0.2, 0.25) is 0 Å². The smallest absolute Gasteiger partial charge is 0.259 e. The van der Waals surface area contributed by atoms with Crippen LogP contribution in [0.5, 0.6) is 0 Å². The van der Waals surface area contributed by atoms with Crippen molar-refractivity contribution in [2.75, 3.05) is 11.5 Å². The zero-order chi connectivity index (χ0) is 15.7. The van der Waals surface area contributed by atoms with Crippen molar-refractivity contribution in [1.82, 2.24) is 0 Å². The molecule has 0 aliphatic carbocycles. The Morgan fingerprint density at radius 2 is 1.73 bits per heavy atom. The van der Waals surface area contributed by atoms with Crippen LogP contribution in [0, 0.1) is 6.92 Å². The highest BCUT2D eigenvalue weighted by Crippen LogP contribution is 2.36. The number of hydrogen-bond donors (Lipinski definition) is 1. The number of aryl methyl sites for hydroxylation is 1. The molecule has 1 amide bonds. The van der Waals surface area contributed by atoms with Gasteiger partial charge in [0.05, 0.1) is 6.04 Å². The van der Waals surface area contributed by atoms with Crippen LogP contribution in [0.15, 0.2) is 55.1 Å². The Kier molecular flexibility index (Phi) is 3.82. The monoisotopic (exact) mass is 293 g/mol. The highest BCUT2D eigenvalue weighted by atomic mass is 16.3. The van der Waals surface area contributed by atoms with Crippen molar-refractivity contribution in [3.05, 3.63) is 71.8 Å². The first-order valence-electron chi connectivity index (χ1n) is 7.42. The summed E-state index contributed by atoms with van der Waals surface area (Å²) in [6, 6.07) is 15.2. The fraction of sp³-hybridized carbons (Fsp3) is 0.211. The summed E-state index contributed by atoms with van der Waals surface area (Å²) in [5.41, 5.74) is 4.41. The lowest BCUT2D eigenvalue weighted by atomic mass is 9.87. The van der Waals surface area contributed by atoms with Gasteiger partial charge in [0.1, 0.15) is 0 Å². The molecule has 0 saturated carbocycles. The van der Waals surface area contributed by atoms with Crippen LogP contribution in [0.1, 0.15) is 27.9 Å². The number of nitrogens with zero attached hydrogens (tertiary/aromatic N) is 1. The first-order valence-corrected chi connectivity index (χ1v) is 7.42. The fourth-order valence-electron chi connectivity index (χ4n) is 2.98. The summed E-state index contributed by atoms with van der Waals surface area (Å²) in [6.07, 6.45) is 0.479. The van der Waals surface area contributed by atoms with E-state index in [1.165, 1.54) is 0 Å². The minimum Gasteiger partial charge on any atom is -0.396 e. The summed E-state index contributed by atoms with van der Waals surface area (Å²) < 4.78 is 0. The molecule has 0 fully saturated rings. The molecule has 1 aliphatic heterocycles. The number of benzene rings is 2. The van der Waals surface area contributed by atoms with E-state index in [1.807, 2.05) is 55.5 Å². The fourth-order valence-corrected chi connectivity index (χ4v) is 2.98. The Hall–Kier alpha value is -2.39. The normalized spacial score (nSPS) is 17.5. The molecule has 2 aromatic rings. The van der Waals surface area contributed by atoms with Gasteiger partial charge in [0, 0.05) is 17.9 Å². The van der Waals surface area contributed by atoms with E-state index in [1.54, 1.807) is 4.90 Å². The van der Waals surface area contributed by atoms with E-state index >= 15 is 0 Å². The molecule has 1 unspecified atom stereocenters. The highest BCUT2D eigenvalue weighted by Gasteiger charge is 2.35. The molecule has 2 aromatic carbocycles. The van der Waals surface area contributed by atoms with E-state index in [2.05, 4.69) is 6.58 Å². The molecule has 0 aromatic heterocycles. The summed E-state index contributed by atoms with van der Waals surface area (Å²) in [5, 5.41) is 9.40. The number of carbonyl (C=O) groups is 1. The van der Waals surface area contributed by atoms with E-state index in [0.29, 0.717) is 12.0 Å². The van der Waals surface area contributed by atoms with E-state index in [9.17, 15) is 9.90 Å². The summed E-state index contributed by atoms with van der Waals surface area (Å²) in [4.78, 5) is 14.7. The molecule has 112 valence electrons. The maximum absolute atomic E-state index is 12.9. The lowest BCUT2D eigenvalue weighted by molar-refractivity contribution is 0.0974. The summed E-state index contributed by atoms with van der Waals surface area (Å²) in [5.74, 6) is -0.0368. The van der Waals surface area contributed by atoms with Crippen LogP contribution in [-0.2, 0) is 0 Å². The third-order valence-electron chi connectivity index (χ3n) is 4.15. The van der Waals surface area contributed by atoms with Gasteiger partial charge >= 0.3 is 0 Å². The van der Waals surface area contributed by atoms with Crippen LogP contribution < -0.4 is 4.90 Å². The summed E-state index contributed by atoms with van der Waals surface area (Å²) in [7, 11) is 0. The van der Waals surface area contributed by atoms with Crippen molar-refractivity contribution in [2.24, 2.45) is 0 Å². The van der Waals surface area contributed by atoms with Crippen molar-refractivity contribution in [3.8, 4) is 0 Å². The van der Waals surface area contributed by atoms with Crippen LogP contribution in [0.25, 0.3) is 5.57 Å². The van der Waals surface area contributed by atoms with Gasteiger partial charge in [-0.3, -0.25) is 4.79 Å². The van der Waals surface area contributed by atoms with Gasteiger partial charge in [-0.15, -0.1) is 0 Å². The number of aliphatic hydroxyl groups excluding tert-OH is 1. The van der Waals surface area contributed by atoms with Gasteiger partial charge in [0.2, 0.25) is 0 Å². The molecule has 3 heteroatoms. The molecule has 1 aliphatic rings. The van der Waals surface area contributed by atoms with Crippen molar-refractivity contribution in [3.63, 3.8) is 0 Å². The minimum absolute atomic E-state index is 0.0154. The summed E-state index contributed by atoms with van der Waals surface area (Å²) in [6.45, 7) is 6.21. The van der Waals surface area contributed by atoms with Crippen molar-refractivity contribution >= 4 is 17.2 Å². The number of amides is 1. The Balaban J connectivity index is 2.12. The van der Waals surface area contributed by atoms with Crippen LogP contribution >= 0.6 is 0 Å².